The summed E-state index contributed by atoms with van der Waals surface area (Å²) in [6, 6.07) is 3.74. The van der Waals surface area contributed by atoms with Crippen LogP contribution in [-0.2, 0) is 30.7 Å². The monoisotopic (exact) mass is 424 g/mol. The fourth-order valence-corrected chi connectivity index (χ4v) is 5.37. The Morgan fingerprint density at radius 2 is 2.07 bits per heavy atom. The third kappa shape index (κ3) is 4.31. The number of carbonyl (C=O) groups is 1. The normalized spacial score (nSPS) is 16.4. The lowest BCUT2D eigenvalue weighted by atomic mass is 9.72. The molecule has 0 spiro atoms. The van der Waals surface area contributed by atoms with E-state index in [0.29, 0.717) is 19.0 Å². The highest BCUT2D eigenvalue weighted by Crippen LogP contribution is 2.41. The number of hydrogen-bond donors (Lipinski definition) is 1. The number of rotatable bonds is 5. The number of pyridine rings is 1. The fraction of sp³-hybridized carbons (Fsp3) is 0.478. The highest BCUT2D eigenvalue weighted by Gasteiger charge is 2.31. The van der Waals surface area contributed by atoms with E-state index < -0.39 is 0 Å². The Morgan fingerprint density at radius 1 is 1.30 bits per heavy atom. The van der Waals surface area contributed by atoms with Crippen LogP contribution in [-0.4, -0.2) is 20.4 Å². The van der Waals surface area contributed by atoms with Crippen molar-refractivity contribution in [3.8, 4) is 0 Å². The summed E-state index contributed by atoms with van der Waals surface area (Å²) in [5.74, 6) is 0.545. The van der Waals surface area contributed by atoms with Crippen molar-refractivity contribution in [2.24, 2.45) is 11.3 Å². The maximum absolute atomic E-state index is 13.1. The van der Waals surface area contributed by atoms with Crippen molar-refractivity contribution in [3.05, 3.63) is 57.2 Å². The molecule has 1 amide bonds. The van der Waals surface area contributed by atoms with Crippen LogP contribution in [0.5, 0.6) is 0 Å². The zero-order valence-electron chi connectivity index (χ0n) is 17.8. The first kappa shape index (κ1) is 20.7. The number of carbonyl (C=O) groups excluding carboxylic acids is 1. The first-order valence-corrected chi connectivity index (χ1v) is 11.3. The average Bonchev–Trinajstić information content (AvgIpc) is 3.10. The second kappa shape index (κ2) is 8.30. The van der Waals surface area contributed by atoms with Crippen LogP contribution in [0.1, 0.15) is 49.6 Å². The minimum absolute atomic E-state index is 0.0198. The molecule has 0 saturated carbocycles. The van der Waals surface area contributed by atoms with Gasteiger partial charge in [-0.3, -0.25) is 19.1 Å². The van der Waals surface area contributed by atoms with E-state index in [1.54, 1.807) is 34.6 Å². The van der Waals surface area contributed by atoms with E-state index in [4.69, 9.17) is 0 Å². The smallest absolute Gasteiger partial charge is 0.262 e. The molecule has 4 rings (SSSR count). The van der Waals surface area contributed by atoms with Gasteiger partial charge in [-0.1, -0.05) is 20.8 Å². The first-order valence-electron chi connectivity index (χ1n) is 10.5. The quantitative estimate of drug-likeness (QED) is 0.677. The van der Waals surface area contributed by atoms with Gasteiger partial charge >= 0.3 is 0 Å². The molecule has 1 aliphatic rings. The van der Waals surface area contributed by atoms with Crippen molar-refractivity contribution in [1.29, 1.82) is 0 Å². The Hall–Kier alpha value is -2.54. The van der Waals surface area contributed by atoms with Crippen LogP contribution in [0.4, 0.5) is 0 Å². The third-order valence-corrected chi connectivity index (χ3v) is 7.24. The molecule has 1 N–H and O–H groups in total. The topological polar surface area (TPSA) is 76.9 Å². The predicted molar refractivity (Wildman–Crippen MR) is 120 cm³/mol. The maximum Gasteiger partial charge on any atom is 0.262 e. The second-order valence-corrected chi connectivity index (χ2v) is 10.2. The molecule has 30 heavy (non-hydrogen) atoms. The Morgan fingerprint density at radius 3 is 2.80 bits per heavy atom. The molecule has 0 aliphatic heterocycles. The van der Waals surface area contributed by atoms with Gasteiger partial charge in [-0.2, -0.15) is 0 Å². The van der Waals surface area contributed by atoms with Crippen LogP contribution < -0.4 is 10.9 Å². The van der Waals surface area contributed by atoms with Crippen molar-refractivity contribution in [3.63, 3.8) is 0 Å². The average molecular weight is 425 g/mol. The molecule has 6 nitrogen and oxygen atoms in total. The van der Waals surface area contributed by atoms with Gasteiger partial charge in [0.25, 0.3) is 5.56 Å². The highest BCUT2D eigenvalue weighted by atomic mass is 32.1. The summed E-state index contributed by atoms with van der Waals surface area (Å²) < 4.78 is 1.58. The minimum atomic E-state index is -0.0841. The molecular weight excluding hydrogens is 396 g/mol. The van der Waals surface area contributed by atoms with E-state index in [-0.39, 0.29) is 23.3 Å². The Balaban J connectivity index is 1.46. The van der Waals surface area contributed by atoms with Crippen molar-refractivity contribution in [2.45, 2.75) is 59.5 Å². The van der Waals surface area contributed by atoms with Crippen LogP contribution in [0, 0.1) is 11.3 Å². The number of aromatic nitrogens is 3. The molecule has 1 unspecified atom stereocenters. The molecule has 7 heteroatoms. The van der Waals surface area contributed by atoms with Gasteiger partial charge in [0.2, 0.25) is 5.91 Å². The third-order valence-electron chi connectivity index (χ3n) is 6.08. The number of amides is 1. The van der Waals surface area contributed by atoms with Gasteiger partial charge in [0.1, 0.15) is 4.83 Å². The lowest BCUT2D eigenvalue weighted by Gasteiger charge is -2.33. The number of thiophene rings is 1. The SMILES string of the molecule is CC(C)(C)C1CCc2c(sc3ncn(CCC(=O)NCc4ccncc4)c(=O)c23)C1. The minimum Gasteiger partial charge on any atom is -0.352 e. The number of hydrogen-bond acceptors (Lipinski definition) is 5. The van der Waals surface area contributed by atoms with E-state index >= 15 is 0 Å². The van der Waals surface area contributed by atoms with Gasteiger partial charge in [-0.05, 0) is 53.9 Å². The van der Waals surface area contributed by atoms with Crippen molar-refractivity contribution in [1.82, 2.24) is 19.9 Å². The predicted octanol–water partition coefficient (Wildman–Crippen LogP) is 3.71. The van der Waals surface area contributed by atoms with E-state index in [9.17, 15) is 9.59 Å². The van der Waals surface area contributed by atoms with Gasteiger partial charge in [0, 0.05) is 36.8 Å². The highest BCUT2D eigenvalue weighted by molar-refractivity contribution is 7.18. The molecule has 3 aromatic heterocycles. The van der Waals surface area contributed by atoms with Crippen molar-refractivity contribution >= 4 is 27.5 Å². The second-order valence-electron chi connectivity index (χ2n) is 9.12. The summed E-state index contributed by atoms with van der Waals surface area (Å²) in [5.41, 5.74) is 2.43. The molecule has 0 bridgehead atoms. The maximum atomic E-state index is 13.1. The molecule has 3 aromatic rings. The molecule has 3 heterocycles. The summed E-state index contributed by atoms with van der Waals surface area (Å²) in [6.07, 6.45) is 8.30. The number of nitrogens with one attached hydrogen (secondary N) is 1. The summed E-state index contributed by atoms with van der Waals surface area (Å²) in [4.78, 5) is 36.0. The van der Waals surface area contributed by atoms with Crippen LogP contribution in [0.2, 0.25) is 0 Å². The Bertz CT molecular complexity index is 1110. The molecule has 0 radical (unpaired) electrons. The number of nitrogens with zero attached hydrogens (tertiary/aromatic N) is 3. The van der Waals surface area contributed by atoms with Crippen molar-refractivity contribution in [2.75, 3.05) is 0 Å². The Kier molecular flexibility index (Phi) is 5.73. The van der Waals surface area contributed by atoms with Gasteiger partial charge in [-0.25, -0.2) is 4.98 Å². The molecular formula is C23H28N4O2S. The molecule has 1 atom stereocenters. The van der Waals surface area contributed by atoms with E-state index in [1.165, 1.54) is 10.4 Å². The summed E-state index contributed by atoms with van der Waals surface area (Å²) in [5, 5.41) is 3.66. The zero-order chi connectivity index (χ0) is 21.3. The molecule has 0 aromatic carbocycles. The van der Waals surface area contributed by atoms with Gasteiger partial charge < -0.3 is 5.32 Å². The van der Waals surface area contributed by atoms with Crippen LogP contribution in [0.15, 0.2) is 35.6 Å². The van der Waals surface area contributed by atoms with Crippen LogP contribution >= 0.6 is 11.3 Å². The number of fused-ring (bicyclic) bond motifs is 3. The standard InChI is InChI=1S/C23H28N4O2S/c1-23(2,3)16-4-5-17-18(12-16)30-21-20(17)22(29)27(14-26-21)11-8-19(28)25-13-15-6-9-24-10-7-15/h6-7,9-10,14,16H,4-5,8,11-13H2,1-3H3,(H,25,28). The van der Waals surface area contributed by atoms with Crippen LogP contribution in [0.3, 0.4) is 0 Å². The molecule has 1 aliphatic carbocycles. The lowest BCUT2D eigenvalue weighted by Crippen LogP contribution is -2.28. The largest absolute Gasteiger partial charge is 0.352 e. The first-order chi connectivity index (χ1) is 14.3. The van der Waals surface area contributed by atoms with E-state index in [2.05, 4.69) is 36.1 Å². The van der Waals surface area contributed by atoms with Gasteiger partial charge in [-0.15, -0.1) is 11.3 Å². The summed E-state index contributed by atoms with van der Waals surface area (Å²) >= 11 is 1.66. The molecule has 0 fully saturated rings. The zero-order valence-corrected chi connectivity index (χ0v) is 18.6. The van der Waals surface area contributed by atoms with Crippen molar-refractivity contribution < 1.29 is 4.79 Å². The van der Waals surface area contributed by atoms with Gasteiger partial charge in [0.15, 0.2) is 0 Å². The fourth-order valence-electron chi connectivity index (χ4n) is 4.11. The van der Waals surface area contributed by atoms with Crippen LogP contribution in [0.25, 0.3) is 10.2 Å². The molecule has 0 saturated heterocycles. The lowest BCUT2D eigenvalue weighted by molar-refractivity contribution is -0.121. The van der Waals surface area contributed by atoms with Gasteiger partial charge in [0.05, 0.1) is 11.7 Å². The Labute approximate surface area is 180 Å². The summed E-state index contributed by atoms with van der Waals surface area (Å²) in [6.45, 7) is 7.67. The number of aryl methyl sites for hydroxylation is 2. The summed E-state index contributed by atoms with van der Waals surface area (Å²) in [7, 11) is 0. The van der Waals surface area contributed by atoms with E-state index in [0.717, 1.165) is 35.0 Å². The molecule has 158 valence electrons. The van der Waals surface area contributed by atoms with E-state index in [1.807, 2.05) is 12.1 Å².